The van der Waals surface area contributed by atoms with Crippen molar-refractivity contribution in [3.8, 4) is 0 Å². The van der Waals surface area contributed by atoms with Crippen LogP contribution in [0.2, 0.25) is 0 Å². The van der Waals surface area contributed by atoms with Gasteiger partial charge in [0.15, 0.2) is 0 Å². The Labute approximate surface area is 121 Å². The summed E-state index contributed by atoms with van der Waals surface area (Å²) in [4.78, 5) is 10.3. The summed E-state index contributed by atoms with van der Waals surface area (Å²) in [5.74, 6) is -0.778. The zero-order chi connectivity index (χ0) is 15.0. The number of aryl methyl sites for hydroxylation is 3. The minimum absolute atomic E-state index is 0.115. The number of aliphatic carboxylic acids is 1. The van der Waals surface area contributed by atoms with Crippen LogP contribution < -0.4 is 0 Å². The molecule has 0 bridgehead atoms. The van der Waals surface area contributed by atoms with E-state index in [1.165, 1.54) is 16.7 Å². The van der Waals surface area contributed by atoms with Crippen molar-refractivity contribution >= 4 is 5.97 Å². The molecule has 0 spiro atoms. The summed E-state index contributed by atoms with van der Waals surface area (Å²) in [5.41, 5.74) is 4.78. The fourth-order valence-electron chi connectivity index (χ4n) is 1.87. The van der Waals surface area contributed by atoms with Crippen LogP contribution in [0.25, 0.3) is 0 Å². The number of carboxylic acids is 1. The molecule has 0 atom stereocenters. The molecule has 0 aromatic heterocycles. The molecule has 0 amide bonds. The van der Waals surface area contributed by atoms with E-state index in [-0.39, 0.29) is 6.42 Å². The Morgan fingerprint density at radius 2 is 1.45 bits per heavy atom. The molecule has 106 valence electrons. The van der Waals surface area contributed by atoms with E-state index in [0.29, 0.717) is 0 Å². The minimum Gasteiger partial charge on any atom is -0.481 e. The third-order valence-corrected chi connectivity index (χ3v) is 2.96. The standard InChI is InChI=1S/C10H12O2.C8H10/c1-2-8-3-5-9(6-4-8)7-10(11)12;1-7-4-3-5-8(2)6-7/h3-6H,2,7H2,1H3,(H,11,12);3-6H,1-2H3. The normalized spacial score (nSPS) is 9.55. The Hall–Kier alpha value is -2.09. The molecule has 20 heavy (non-hydrogen) atoms. The van der Waals surface area contributed by atoms with Crippen molar-refractivity contribution in [1.82, 2.24) is 0 Å². The van der Waals surface area contributed by atoms with Crippen LogP contribution in [0.5, 0.6) is 0 Å². The maximum atomic E-state index is 10.3. The van der Waals surface area contributed by atoms with E-state index in [1.807, 2.05) is 24.3 Å². The van der Waals surface area contributed by atoms with E-state index in [4.69, 9.17) is 5.11 Å². The van der Waals surface area contributed by atoms with Gasteiger partial charge < -0.3 is 5.11 Å². The highest BCUT2D eigenvalue weighted by Crippen LogP contribution is 2.05. The van der Waals surface area contributed by atoms with Crippen molar-refractivity contribution in [2.45, 2.75) is 33.6 Å². The average Bonchev–Trinajstić information content (AvgIpc) is 2.39. The van der Waals surface area contributed by atoms with Crippen molar-refractivity contribution in [2.24, 2.45) is 0 Å². The fourth-order valence-corrected chi connectivity index (χ4v) is 1.87. The van der Waals surface area contributed by atoms with E-state index in [1.54, 1.807) is 0 Å². The number of benzene rings is 2. The maximum absolute atomic E-state index is 10.3. The van der Waals surface area contributed by atoms with Gasteiger partial charge in [-0.25, -0.2) is 0 Å². The van der Waals surface area contributed by atoms with Gasteiger partial charge in [-0.3, -0.25) is 4.79 Å². The van der Waals surface area contributed by atoms with Crippen LogP contribution in [0.15, 0.2) is 48.5 Å². The molecule has 0 radical (unpaired) electrons. The highest BCUT2D eigenvalue weighted by atomic mass is 16.4. The first-order chi connectivity index (χ1) is 9.51. The van der Waals surface area contributed by atoms with Crippen molar-refractivity contribution < 1.29 is 9.90 Å². The number of rotatable bonds is 3. The second-order valence-corrected chi connectivity index (χ2v) is 4.90. The molecule has 2 aromatic rings. The van der Waals surface area contributed by atoms with E-state index < -0.39 is 5.97 Å². The summed E-state index contributed by atoms with van der Waals surface area (Å²) >= 11 is 0. The Bertz CT molecular complexity index is 524. The van der Waals surface area contributed by atoms with E-state index >= 15 is 0 Å². The molecule has 2 nitrogen and oxygen atoms in total. The first-order valence-electron chi connectivity index (χ1n) is 6.84. The van der Waals surface area contributed by atoms with Crippen LogP contribution in [0.3, 0.4) is 0 Å². The number of hydrogen-bond donors (Lipinski definition) is 1. The molecule has 0 fully saturated rings. The van der Waals surface area contributed by atoms with E-state index in [9.17, 15) is 4.79 Å². The SMILES string of the molecule is CCc1ccc(CC(=O)O)cc1.Cc1cccc(C)c1. The van der Waals surface area contributed by atoms with Gasteiger partial charge in [0.25, 0.3) is 0 Å². The first kappa shape index (κ1) is 16.0. The summed E-state index contributed by atoms with van der Waals surface area (Å²) < 4.78 is 0. The predicted octanol–water partition coefficient (Wildman–Crippen LogP) is 4.18. The van der Waals surface area contributed by atoms with Gasteiger partial charge in [-0.05, 0) is 31.4 Å². The van der Waals surface area contributed by atoms with Crippen molar-refractivity contribution in [3.05, 3.63) is 70.8 Å². The Morgan fingerprint density at radius 1 is 0.950 bits per heavy atom. The lowest BCUT2D eigenvalue weighted by Crippen LogP contribution is -1.99. The van der Waals surface area contributed by atoms with Crippen LogP contribution in [0.4, 0.5) is 0 Å². The third kappa shape index (κ3) is 6.19. The minimum atomic E-state index is -0.778. The van der Waals surface area contributed by atoms with Crippen molar-refractivity contribution in [3.63, 3.8) is 0 Å². The van der Waals surface area contributed by atoms with Crippen molar-refractivity contribution in [1.29, 1.82) is 0 Å². The lowest BCUT2D eigenvalue weighted by Gasteiger charge is -1.98. The smallest absolute Gasteiger partial charge is 0.307 e. The van der Waals surface area contributed by atoms with Gasteiger partial charge in [-0.2, -0.15) is 0 Å². The highest BCUT2D eigenvalue weighted by Gasteiger charge is 1.98. The molecule has 0 saturated heterocycles. The number of carboxylic acid groups (broad SMARTS) is 1. The van der Waals surface area contributed by atoms with Gasteiger partial charge in [0, 0.05) is 0 Å². The molecule has 2 heteroatoms. The molecular weight excluding hydrogens is 248 g/mol. The zero-order valence-corrected chi connectivity index (χ0v) is 12.4. The summed E-state index contributed by atoms with van der Waals surface area (Å²) in [5, 5.41) is 8.49. The van der Waals surface area contributed by atoms with Gasteiger partial charge in [-0.1, -0.05) is 66.6 Å². The number of carbonyl (C=O) groups is 1. The van der Waals surface area contributed by atoms with Gasteiger partial charge in [0.2, 0.25) is 0 Å². The van der Waals surface area contributed by atoms with Crippen LogP contribution in [0, 0.1) is 13.8 Å². The van der Waals surface area contributed by atoms with E-state index in [2.05, 4.69) is 45.0 Å². The quantitative estimate of drug-likeness (QED) is 0.908. The summed E-state index contributed by atoms with van der Waals surface area (Å²) in [6.45, 7) is 6.28. The molecule has 0 aliphatic heterocycles. The fraction of sp³-hybridized carbons (Fsp3) is 0.278. The van der Waals surface area contributed by atoms with Crippen molar-refractivity contribution in [2.75, 3.05) is 0 Å². The zero-order valence-electron chi connectivity index (χ0n) is 12.4. The third-order valence-electron chi connectivity index (χ3n) is 2.96. The van der Waals surface area contributed by atoms with Gasteiger partial charge in [0.1, 0.15) is 0 Å². The lowest BCUT2D eigenvalue weighted by molar-refractivity contribution is -0.136. The summed E-state index contributed by atoms with van der Waals surface area (Å²) in [7, 11) is 0. The molecule has 0 unspecified atom stereocenters. The highest BCUT2D eigenvalue weighted by molar-refractivity contribution is 5.70. The second kappa shape index (κ2) is 8.16. The van der Waals surface area contributed by atoms with Gasteiger partial charge >= 0.3 is 5.97 Å². The van der Waals surface area contributed by atoms with Crippen LogP contribution in [0.1, 0.15) is 29.2 Å². The Balaban J connectivity index is 0.000000217. The van der Waals surface area contributed by atoms with Crippen LogP contribution in [-0.4, -0.2) is 11.1 Å². The average molecular weight is 270 g/mol. The first-order valence-corrected chi connectivity index (χ1v) is 6.84. The maximum Gasteiger partial charge on any atom is 0.307 e. The Kier molecular flexibility index (Phi) is 6.51. The summed E-state index contributed by atoms with van der Waals surface area (Å²) in [6.07, 6.45) is 1.11. The molecule has 1 N–H and O–H groups in total. The molecule has 0 saturated carbocycles. The molecule has 2 rings (SSSR count). The largest absolute Gasteiger partial charge is 0.481 e. The Morgan fingerprint density at radius 3 is 1.80 bits per heavy atom. The van der Waals surface area contributed by atoms with Gasteiger partial charge in [0.05, 0.1) is 6.42 Å². The second-order valence-electron chi connectivity index (χ2n) is 4.90. The van der Waals surface area contributed by atoms with Crippen LogP contribution in [-0.2, 0) is 17.6 Å². The molecule has 0 aliphatic carbocycles. The monoisotopic (exact) mass is 270 g/mol. The molecular formula is C18H22O2. The number of hydrogen-bond acceptors (Lipinski definition) is 1. The molecule has 0 heterocycles. The molecule has 2 aromatic carbocycles. The van der Waals surface area contributed by atoms with Gasteiger partial charge in [-0.15, -0.1) is 0 Å². The summed E-state index contributed by atoms with van der Waals surface area (Å²) in [6, 6.07) is 16.1. The molecule has 0 aliphatic rings. The topological polar surface area (TPSA) is 37.3 Å². The van der Waals surface area contributed by atoms with E-state index in [0.717, 1.165) is 12.0 Å². The van der Waals surface area contributed by atoms with Crippen LogP contribution >= 0.6 is 0 Å². The predicted molar refractivity (Wildman–Crippen MR) is 83.1 cm³/mol. The lowest BCUT2D eigenvalue weighted by atomic mass is 10.1.